The molecular formula is C12H22N2O3. The van der Waals surface area contributed by atoms with Crippen LogP contribution in [0.3, 0.4) is 0 Å². The normalized spacial score (nSPS) is 20.1. The molecule has 0 spiro atoms. The predicted molar refractivity (Wildman–Crippen MR) is 64.4 cm³/mol. The van der Waals surface area contributed by atoms with E-state index in [9.17, 15) is 9.59 Å². The monoisotopic (exact) mass is 242 g/mol. The number of hydrogen-bond acceptors (Lipinski definition) is 4. The minimum atomic E-state index is -0.945. The molecule has 1 fully saturated rings. The molecule has 1 saturated heterocycles. The molecule has 5 nitrogen and oxygen atoms in total. The summed E-state index contributed by atoms with van der Waals surface area (Å²) in [6, 6.07) is 0. The molecule has 0 aromatic rings. The van der Waals surface area contributed by atoms with E-state index in [2.05, 4.69) is 15.4 Å². The zero-order valence-corrected chi connectivity index (χ0v) is 10.8. The van der Waals surface area contributed by atoms with Crippen LogP contribution in [-0.2, 0) is 14.3 Å². The van der Waals surface area contributed by atoms with Crippen LogP contribution in [0.2, 0.25) is 0 Å². The second kappa shape index (κ2) is 6.00. The lowest BCUT2D eigenvalue weighted by atomic mass is 10.0. The van der Waals surface area contributed by atoms with E-state index in [0.717, 1.165) is 25.9 Å². The molecule has 0 bridgehead atoms. The summed E-state index contributed by atoms with van der Waals surface area (Å²) in [6.07, 6.45) is 2.47. The van der Waals surface area contributed by atoms with Crippen LogP contribution in [0.25, 0.3) is 0 Å². The summed E-state index contributed by atoms with van der Waals surface area (Å²) < 4.78 is 4.63. The number of hydrogen-bond donors (Lipinski definition) is 2. The van der Waals surface area contributed by atoms with Crippen molar-refractivity contribution in [3.63, 3.8) is 0 Å². The number of nitrogens with one attached hydrogen (secondary N) is 2. The van der Waals surface area contributed by atoms with E-state index >= 15 is 0 Å². The lowest BCUT2D eigenvalue weighted by Crippen LogP contribution is -2.50. The highest BCUT2D eigenvalue weighted by Crippen LogP contribution is 2.14. The largest absolute Gasteiger partial charge is 0.467 e. The van der Waals surface area contributed by atoms with Crippen LogP contribution in [0.5, 0.6) is 0 Å². The SMILES string of the molecule is COC(=O)C(C)(C)NC(=O)CCC1CCNC1. The molecule has 1 rings (SSSR count). The Hall–Kier alpha value is -1.10. The van der Waals surface area contributed by atoms with Crippen LogP contribution in [0.15, 0.2) is 0 Å². The molecule has 0 aromatic carbocycles. The van der Waals surface area contributed by atoms with Crippen LogP contribution in [-0.4, -0.2) is 37.6 Å². The molecule has 1 unspecified atom stereocenters. The molecule has 5 heteroatoms. The van der Waals surface area contributed by atoms with Gasteiger partial charge in [0.25, 0.3) is 0 Å². The van der Waals surface area contributed by atoms with Crippen molar-refractivity contribution in [3.05, 3.63) is 0 Å². The second-order valence-corrected chi connectivity index (χ2v) is 5.06. The van der Waals surface area contributed by atoms with Crippen molar-refractivity contribution >= 4 is 11.9 Å². The van der Waals surface area contributed by atoms with Gasteiger partial charge in [0.05, 0.1) is 7.11 Å². The minimum Gasteiger partial charge on any atom is -0.467 e. The molecular weight excluding hydrogens is 220 g/mol. The highest BCUT2D eigenvalue weighted by atomic mass is 16.5. The number of carbonyl (C=O) groups excluding carboxylic acids is 2. The van der Waals surface area contributed by atoms with Gasteiger partial charge < -0.3 is 15.4 Å². The summed E-state index contributed by atoms with van der Waals surface area (Å²) in [5.74, 6) is 0.0719. The Kier molecular flexibility index (Phi) is 4.93. The highest BCUT2D eigenvalue weighted by Gasteiger charge is 2.30. The second-order valence-electron chi connectivity index (χ2n) is 5.06. The number of carbonyl (C=O) groups is 2. The molecule has 17 heavy (non-hydrogen) atoms. The summed E-state index contributed by atoms with van der Waals surface area (Å²) in [5, 5.41) is 5.96. The Bertz CT molecular complexity index is 283. The van der Waals surface area contributed by atoms with E-state index in [1.54, 1.807) is 13.8 Å². The standard InChI is InChI=1S/C12H22N2O3/c1-12(2,11(16)17-3)14-10(15)5-4-9-6-7-13-8-9/h9,13H,4-8H2,1-3H3,(H,14,15). The maximum absolute atomic E-state index is 11.7. The van der Waals surface area contributed by atoms with Crippen molar-refractivity contribution < 1.29 is 14.3 Å². The third-order valence-corrected chi connectivity index (χ3v) is 3.09. The fraction of sp³-hybridized carbons (Fsp3) is 0.833. The van der Waals surface area contributed by atoms with Gasteiger partial charge in [0.2, 0.25) is 5.91 Å². The lowest BCUT2D eigenvalue weighted by molar-refractivity contribution is -0.149. The zero-order valence-electron chi connectivity index (χ0n) is 10.8. The molecule has 1 heterocycles. The van der Waals surface area contributed by atoms with E-state index in [1.165, 1.54) is 7.11 Å². The van der Waals surface area contributed by atoms with E-state index in [-0.39, 0.29) is 5.91 Å². The fourth-order valence-corrected chi connectivity index (χ4v) is 2.01. The minimum absolute atomic E-state index is 0.0905. The predicted octanol–water partition coefficient (Wildman–Crippen LogP) is 0.444. The van der Waals surface area contributed by atoms with Crippen LogP contribution < -0.4 is 10.6 Å². The average molecular weight is 242 g/mol. The third-order valence-electron chi connectivity index (χ3n) is 3.09. The number of rotatable bonds is 5. The van der Waals surface area contributed by atoms with Crippen molar-refractivity contribution in [3.8, 4) is 0 Å². The maximum atomic E-state index is 11.7. The maximum Gasteiger partial charge on any atom is 0.330 e. The zero-order chi connectivity index (χ0) is 12.9. The smallest absolute Gasteiger partial charge is 0.330 e. The molecule has 0 aliphatic carbocycles. The lowest BCUT2D eigenvalue weighted by Gasteiger charge is -2.23. The molecule has 0 aromatic heterocycles. The van der Waals surface area contributed by atoms with Crippen molar-refractivity contribution in [2.24, 2.45) is 5.92 Å². The number of methoxy groups -OCH3 is 1. The van der Waals surface area contributed by atoms with E-state index < -0.39 is 11.5 Å². The van der Waals surface area contributed by atoms with E-state index in [4.69, 9.17) is 0 Å². The first-order chi connectivity index (χ1) is 7.95. The molecule has 0 saturated carbocycles. The Labute approximate surface area is 102 Å². The van der Waals surface area contributed by atoms with Gasteiger partial charge in [-0.3, -0.25) is 4.79 Å². The van der Waals surface area contributed by atoms with Crippen molar-refractivity contribution in [2.75, 3.05) is 20.2 Å². The molecule has 0 radical (unpaired) electrons. The van der Waals surface area contributed by atoms with Gasteiger partial charge in [-0.1, -0.05) is 0 Å². The highest BCUT2D eigenvalue weighted by molar-refractivity contribution is 5.87. The van der Waals surface area contributed by atoms with E-state index in [1.807, 2.05) is 0 Å². The van der Waals surface area contributed by atoms with Crippen LogP contribution >= 0.6 is 0 Å². The van der Waals surface area contributed by atoms with Gasteiger partial charge in [-0.05, 0) is 45.7 Å². The molecule has 1 aliphatic heterocycles. The van der Waals surface area contributed by atoms with Crippen LogP contribution in [0, 0.1) is 5.92 Å². The van der Waals surface area contributed by atoms with Crippen molar-refractivity contribution in [2.45, 2.75) is 38.6 Å². The summed E-state index contributed by atoms with van der Waals surface area (Å²) in [4.78, 5) is 23.1. The fourth-order valence-electron chi connectivity index (χ4n) is 2.01. The van der Waals surface area contributed by atoms with Crippen molar-refractivity contribution in [1.29, 1.82) is 0 Å². The first-order valence-corrected chi connectivity index (χ1v) is 6.06. The van der Waals surface area contributed by atoms with Gasteiger partial charge in [-0.2, -0.15) is 0 Å². The Morgan fingerprint density at radius 2 is 2.18 bits per heavy atom. The summed E-state index contributed by atoms with van der Waals surface area (Å²) in [7, 11) is 1.32. The van der Waals surface area contributed by atoms with E-state index in [0.29, 0.717) is 12.3 Å². The Morgan fingerprint density at radius 1 is 1.47 bits per heavy atom. The third kappa shape index (κ3) is 4.34. The molecule has 2 N–H and O–H groups in total. The summed E-state index contributed by atoms with van der Waals surface area (Å²) in [6.45, 7) is 5.33. The first-order valence-electron chi connectivity index (χ1n) is 6.06. The van der Waals surface area contributed by atoms with Gasteiger partial charge in [0.15, 0.2) is 0 Å². The number of esters is 1. The Balaban J connectivity index is 2.30. The van der Waals surface area contributed by atoms with Crippen LogP contribution in [0.4, 0.5) is 0 Å². The quantitative estimate of drug-likeness (QED) is 0.687. The summed E-state index contributed by atoms with van der Waals surface area (Å²) in [5.41, 5.74) is -0.945. The van der Waals surface area contributed by atoms with Gasteiger partial charge in [0.1, 0.15) is 5.54 Å². The Morgan fingerprint density at radius 3 is 2.71 bits per heavy atom. The van der Waals surface area contributed by atoms with Gasteiger partial charge in [-0.15, -0.1) is 0 Å². The van der Waals surface area contributed by atoms with Crippen molar-refractivity contribution in [1.82, 2.24) is 10.6 Å². The van der Waals surface area contributed by atoms with Gasteiger partial charge in [0, 0.05) is 6.42 Å². The number of ether oxygens (including phenoxy) is 1. The molecule has 98 valence electrons. The first kappa shape index (κ1) is 14.0. The van der Waals surface area contributed by atoms with Gasteiger partial charge >= 0.3 is 5.97 Å². The average Bonchev–Trinajstić information content (AvgIpc) is 2.77. The number of amides is 1. The molecule has 1 atom stereocenters. The molecule has 1 aliphatic rings. The molecule has 1 amide bonds. The van der Waals surface area contributed by atoms with Gasteiger partial charge in [-0.25, -0.2) is 4.79 Å². The van der Waals surface area contributed by atoms with Crippen LogP contribution in [0.1, 0.15) is 33.1 Å². The summed E-state index contributed by atoms with van der Waals surface area (Å²) >= 11 is 0. The topological polar surface area (TPSA) is 67.4 Å².